The van der Waals surface area contributed by atoms with Crippen LogP contribution in [0.15, 0.2) is 51.4 Å². The molecule has 0 spiro atoms. The molecule has 21 heavy (non-hydrogen) atoms. The van der Waals surface area contributed by atoms with Crippen LogP contribution in [0.5, 0.6) is 0 Å². The fourth-order valence-electron chi connectivity index (χ4n) is 2.11. The maximum Gasteiger partial charge on any atom is 0.256 e. The first kappa shape index (κ1) is 16.2. The SMILES string of the molecule is CC(C)(C)c1ccccc1NC(=O)c1ccc(Br)cc1Br. The quantitative estimate of drug-likeness (QED) is 0.669. The van der Waals surface area contributed by atoms with E-state index >= 15 is 0 Å². The van der Waals surface area contributed by atoms with E-state index < -0.39 is 0 Å². The molecule has 0 aliphatic rings. The van der Waals surface area contributed by atoms with Crippen molar-refractivity contribution < 1.29 is 4.79 Å². The maximum atomic E-state index is 12.5. The highest BCUT2D eigenvalue weighted by molar-refractivity contribution is 9.11. The highest BCUT2D eigenvalue weighted by Crippen LogP contribution is 2.30. The monoisotopic (exact) mass is 409 g/mol. The number of hydrogen-bond acceptors (Lipinski definition) is 1. The van der Waals surface area contributed by atoms with E-state index in [1.807, 2.05) is 36.4 Å². The van der Waals surface area contributed by atoms with Crippen LogP contribution in [0.3, 0.4) is 0 Å². The largest absolute Gasteiger partial charge is 0.322 e. The van der Waals surface area contributed by atoms with Gasteiger partial charge in [-0.15, -0.1) is 0 Å². The van der Waals surface area contributed by atoms with Gasteiger partial charge in [-0.3, -0.25) is 4.79 Å². The van der Waals surface area contributed by atoms with E-state index in [0.29, 0.717) is 5.56 Å². The number of benzene rings is 2. The molecule has 2 aromatic carbocycles. The number of anilines is 1. The lowest BCUT2D eigenvalue weighted by Gasteiger charge is -2.23. The lowest BCUT2D eigenvalue weighted by atomic mass is 9.86. The molecule has 2 aromatic rings. The van der Waals surface area contributed by atoms with Crippen LogP contribution < -0.4 is 5.32 Å². The number of carbonyl (C=O) groups is 1. The molecule has 0 saturated carbocycles. The fraction of sp³-hybridized carbons (Fsp3) is 0.235. The fourth-order valence-corrected chi connectivity index (χ4v) is 3.34. The minimum atomic E-state index is -0.119. The zero-order valence-corrected chi connectivity index (χ0v) is 15.4. The normalized spacial score (nSPS) is 11.3. The Morgan fingerprint density at radius 2 is 1.71 bits per heavy atom. The van der Waals surface area contributed by atoms with Crippen molar-refractivity contribution >= 4 is 43.5 Å². The zero-order valence-electron chi connectivity index (χ0n) is 12.2. The second-order valence-corrected chi connectivity index (χ2v) is 7.64. The van der Waals surface area contributed by atoms with Crippen LogP contribution in [0.2, 0.25) is 0 Å². The van der Waals surface area contributed by atoms with Crippen molar-refractivity contribution in [3.63, 3.8) is 0 Å². The van der Waals surface area contributed by atoms with Crippen LogP contribution in [0.4, 0.5) is 5.69 Å². The summed E-state index contributed by atoms with van der Waals surface area (Å²) in [6.45, 7) is 6.40. The van der Waals surface area contributed by atoms with Crippen LogP contribution in [0.25, 0.3) is 0 Å². The molecule has 0 saturated heterocycles. The number of carbonyl (C=O) groups excluding carboxylic acids is 1. The predicted molar refractivity (Wildman–Crippen MR) is 94.9 cm³/mol. The Kier molecular flexibility index (Phi) is 4.89. The summed E-state index contributed by atoms with van der Waals surface area (Å²) in [4.78, 5) is 12.5. The van der Waals surface area contributed by atoms with Crippen molar-refractivity contribution in [1.29, 1.82) is 0 Å². The Labute approximate surface area is 142 Å². The molecule has 0 aliphatic heterocycles. The van der Waals surface area contributed by atoms with Gasteiger partial charge in [0.25, 0.3) is 5.91 Å². The summed E-state index contributed by atoms with van der Waals surface area (Å²) in [5.74, 6) is -0.119. The van der Waals surface area contributed by atoms with Crippen LogP contribution in [-0.2, 0) is 5.41 Å². The molecule has 0 unspecified atom stereocenters. The molecule has 0 radical (unpaired) electrons. The minimum Gasteiger partial charge on any atom is -0.322 e. The predicted octanol–water partition coefficient (Wildman–Crippen LogP) is 5.76. The topological polar surface area (TPSA) is 29.1 Å². The van der Waals surface area contributed by atoms with Crippen LogP contribution in [-0.4, -0.2) is 5.91 Å². The van der Waals surface area contributed by atoms with Crippen LogP contribution >= 0.6 is 31.9 Å². The molecular weight excluding hydrogens is 394 g/mol. The van der Waals surface area contributed by atoms with Crippen molar-refractivity contribution in [1.82, 2.24) is 0 Å². The molecule has 110 valence electrons. The van der Waals surface area contributed by atoms with E-state index in [2.05, 4.69) is 57.9 Å². The molecule has 1 amide bonds. The van der Waals surface area contributed by atoms with Gasteiger partial charge < -0.3 is 5.32 Å². The van der Waals surface area contributed by atoms with Gasteiger partial charge >= 0.3 is 0 Å². The Bertz CT molecular complexity index is 675. The smallest absolute Gasteiger partial charge is 0.256 e. The molecule has 0 heterocycles. The van der Waals surface area contributed by atoms with E-state index in [1.165, 1.54) is 0 Å². The molecular formula is C17H17Br2NO. The number of nitrogens with one attached hydrogen (secondary N) is 1. The average Bonchev–Trinajstić information content (AvgIpc) is 2.37. The lowest BCUT2D eigenvalue weighted by Crippen LogP contribution is -2.19. The van der Waals surface area contributed by atoms with Crippen LogP contribution in [0.1, 0.15) is 36.7 Å². The summed E-state index contributed by atoms with van der Waals surface area (Å²) in [5, 5.41) is 3.01. The van der Waals surface area contributed by atoms with E-state index in [1.54, 1.807) is 6.07 Å². The number of hydrogen-bond donors (Lipinski definition) is 1. The Morgan fingerprint density at radius 3 is 2.33 bits per heavy atom. The third-order valence-electron chi connectivity index (χ3n) is 3.16. The van der Waals surface area contributed by atoms with Gasteiger partial charge in [-0.2, -0.15) is 0 Å². The summed E-state index contributed by atoms with van der Waals surface area (Å²) in [7, 11) is 0. The number of halogens is 2. The van der Waals surface area contributed by atoms with Crippen molar-refractivity contribution in [2.75, 3.05) is 5.32 Å². The third kappa shape index (κ3) is 3.95. The number of para-hydroxylation sites is 1. The number of rotatable bonds is 2. The van der Waals surface area contributed by atoms with Crippen molar-refractivity contribution in [2.24, 2.45) is 0 Å². The molecule has 0 bridgehead atoms. The molecule has 4 heteroatoms. The van der Waals surface area contributed by atoms with E-state index in [9.17, 15) is 4.79 Å². The Morgan fingerprint density at radius 1 is 1.05 bits per heavy atom. The minimum absolute atomic E-state index is 0.0270. The standard InChI is InChI=1S/C17H17Br2NO/c1-17(2,3)13-6-4-5-7-15(13)20-16(21)12-9-8-11(18)10-14(12)19/h4-10H,1-3H3,(H,20,21). The molecule has 1 N–H and O–H groups in total. The van der Waals surface area contributed by atoms with Crippen molar-refractivity contribution in [3.8, 4) is 0 Å². The van der Waals surface area contributed by atoms with Crippen molar-refractivity contribution in [3.05, 3.63) is 62.5 Å². The van der Waals surface area contributed by atoms with Gasteiger partial charge in [0, 0.05) is 14.6 Å². The zero-order chi connectivity index (χ0) is 15.6. The Hall–Kier alpha value is -1.13. The molecule has 0 atom stereocenters. The summed E-state index contributed by atoms with van der Waals surface area (Å²) in [5.41, 5.74) is 2.55. The first-order valence-electron chi connectivity index (χ1n) is 6.65. The van der Waals surface area contributed by atoms with E-state index in [4.69, 9.17) is 0 Å². The van der Waals surface area contributed by atoms with Gasteiger partial charge in [0.2, 0.25) is 0 Å². The Balaban J connectivity index is 2.32. The van der Waals surface area contributed by atoms with Gasteiger partial charge in [0.15, 0.2) is 0 Å². The maximum absolute atomic E-state index is 12.5. The summed E-state index contributed by atoms with van der Waals surface area (Å²) in [6.07, 6.45) is 0. The highest BCUT2D eigenvalue weighted by Gasteiger charge is 2.19. The van der Waals surface area contributed by atoms with Gasteiger partial charge in [0.05, 0.1) is 5.56 Å². The van der Waals surface area contributed by atoms with E-state index in [0.717, 1.165) is 20.2 Å². The summed E-state index contributed by atoms with van der Waals surface area (Å²) in [6, 6.07) is 13.4. The first-order valence-corrected chi connectivity index (χ1v) is 8.23. The molecule has 2 rings (SSSR count). The van der Waals surface area contributed by atoms with Crippen molar-refractivity contribution in [2.45, 2.75) is 26.2 Å². The average molecular weight is 411 g/mol. The van der Waals surface area contributed by atoms with Crippen LogP contribution in [0, 0.1) is 0 Å². The summed E-state index contributed by atoms with van der Waals surface area (Å²) < 4.78 is 1.70. The summed E-state index contributed by atoms with van der Waals surface area (Å²) >= 11 is 6.82. The number of amides is 1. The van der Waals surface area contributed by atoms with E-state index in [-0.39, 0.29) is 11.3 Å². The molecule has 0 aliphatic carbocycles. The molecule has 2 nitrogen and oxygen atoms in total. The second-order valence-electron chi connectivity index (χ2n) is 5.87. The molecule has 0 aromatic heterocycles. The molecule has 0 fully saturated rings. The first-order chi connectivity index (χ1) is 9.79. The highest BCUT2D eigenvalue weighted by atomic mass is 79.9. The van der Waals surface area contributed by atoms with Gasteiger partial charge in [-0.25, -0.2) is 0 Å². The van der Waals surface area contributed by atoms with Gasteiger partial charge in [-0.1, -0.05) is 54.9 Å². The third-order valence-corrected chi connectivity index (χ3v) is 4.31. The van der Waals surface area contributed by atoms with Gasteiger partial charge in [0.1, 0.15) is 0 Å². The second kappa shape index (κ2) is 6.32. The van der Waals surface area contributed by atoms with Gasteiger partial charge in [-0.05, 0) is 51.2 Å². The lowest BCUT2D eigenvalue weighted by molar-refractivity contribution is 0.102.